The molecule has 1 saturated heterocycles. The van der Waals surface area contributed by atoms with Crippen molar-refractivity contribution < 1.29 is 23.9 Å². The van der Waals surface area contributed by atoms with Gasteiger partial charge in [-0.05, 0) is 31.0 Å². The Morgan fingerprint density at radius 1 is 1.35 bits per heavy atom. The maximum Gasteiger partial charge on any atom is 0.255 e. The number of nitrogens with zero attached hydrogens (tertiary/aromatic N) is 1. The maximum absolute atomic E-state index is 12.6. The van der Waals surface area contributed by atoms with Gasteiger partial charge in [0.05, 0.1) is 6.54 Å². The summed E-state index contributed by atoms with van der Waals surface area (Å²) in [5.74, 6) is -0.542. The van der Waals surface area contributed by atoms with Gasteiger partial charge in [-0.1, -0.05) is 0 Å². The Balaban J connectivity index is 1.90. The summed E-state index contributed by atoms with van der Waals surface area (Å²) in [5.41, 5.74) is 1.99. The molecule has 1 fully saturated rings. The zero-order chi connectivity index (χ0) is 16.6. The van der Waals surface area contributed by atoms with Crippen LogP contribution in [0.1, 0.15) is 34.3 Å². The lowest BCUT2D eigenvalue weighted by molar-refractivity contribution is -0.136. The average Bonchev–Trinajstić information content (AvgIpc) is 2.82. The predicted octanol–water partition coefficient (Wildman–Crippen LogP) is 0.334. The van der Waals surface area contributed by atoms with Crippen molar-refractivity contribution in [1.82, 2.24) is 10.2 Å². The highest BCUT2D eigenvalue weighted by Gasteiger charge is 2.40. The van der Waals surface area contributed by atoms with Crippen molar-refractivity contribution in [3.63, 3.8) is 0 Å². The normalized spacial score (nSPS) is 20.3. The smallest absolute Gasteiger partial charge is 0.255 e. The first-order valence-electron chi connectivity index (χ1n) is 7.36. The van der Waals surface area contributed by atoms with Crippen LogP contribution in [0, 0.1) is 6.92 Å². The van der Waals surface area contributed by atoms with Crippen molar-refractivity contribution in [2.45, 2.75) is 32.4 Å². The fourth-order valence-corrected chi connectivity index (χ4v) is 3.02. The van der Waals surface area contributed by atoms with E-state index in [9.17, 15) is 19.2 Å². The highest BCUT2D eigenvalue weighted by Crippen LogP contribution is 2.34. The molecule has 7 heteroatoms. The zero-order valence-corrected chi connectivity index (χ0v) is 12.6. The fourth-order valence-electron chi connectivity index (χ4n) is 3.02. The molecule has 3 rings (SSSR count). The van der Waals surface area contributed by atoms with E-state index in [1.165, 1.54) is 4.90 Å². The lowest BCUT2D eigenvalue weighted by atomic mass is 10.0. The Morgan fingerprint density at radius 2 is 2.13 bits per heavy atom. The van der Waals surface area contributed by atoms with Crippen LogP contribution in [-0.4, -0.2) is 41.6 Å². The van der Waals surface area contributed by atoms with E-state index in [0.717, 1.165) is 5.56 Å². The molecule has 7 nitrogen and oxygen atoms in total. The maximum atomic E-state index is 12.6. The first kappa shape index (κ1) is 15.2. The van der Waals surface area contributed by atoms with Gasteiger partial charge >= 0.3 is 0 Å². The Labute approximate surface area is 132 Å². The summed E-state index contributed by atoms with van der Waals surface area (Å²) in [6.45, 7) is 1.97. The second-order valence-corrected chi connectivity index (χ2v) is 5.67. The molecule has 1 unspecified atom stereocenters. The monoisotopic (exact) mass is 316 g/mol. The molecule has 1 atom stereocenters. The number of rotatable bonds is 4. The molecular weight excluding hydrogens is 300 g/mol. The summed E-state index contributed by atoms with van der Waals surface area (Å²) in [6.07, 6.45) is 1.17. The van der Waals surface area contributed by atoms with Gasteiger partial charge in [0.25, 0.3) is 5.91 Å². The summed E-state index contributed by atoms with van der Waals surface area (Å²) >= 11 is 0. The molecule has 3 amide bonds. The van der Waals surface area contributed by atoms with Crippen LogP contribution in [0.15, 0.2) is 12.1 Å². The Hall–Kier alpha value is -2.70. The molecule has 23 heavy (non-hydrogen) atoms. The number of carbonyl (C=O) groups excluding carboxylic acids is 4. The van der Waals surface area contributed by atoms with Gasteiger partial charge in [-0.25, -0.2) is 0 Å². The molecule has 2 aliphatic rings. The average molecular weight is 316 g/mol. The van der Waals surface area contributed by atoms with Gasteiger partial charge in [-0.2, -0.15) is 0 Å². The molecule has 1 aromatic carbocycles. The molecule has 2 heterocycles. The summed E-state index contributed by atoms with van der Waals surface area (Å²) < 4.78 is 5.41. The minimum absolute atomic E-state index is 0.0947. The van der Waals surface area contributed by atoms with E-state index in [4.69, 9.17) is 4.74 Å². The van der Waals surface area contributed by atoms with Gasteiger partial charge in [0.2, 0.25) is 11.8 Å². The van der Waals surface area contributed by atoms with Crippen molar-refractivity contribution in [2.24, 2.45) is 0 Å². The van der Waals surface area contributed by atoms with Crippen LogP contribution in [0.25, 0.3) is 0 Å². The van der Waals surface area contributed by atoms with Gasteiger partial charge in [-0.3, -0.25) is 24.5 Å². The van der Waals surface area contributed by atoms with E-state index in [1.54, 1.807) is 12.1 Å². The Morgan fingerprint density at radius 3 is 2.83 bits per heavy atom. The van der Waals surface area contributed by atoms with E-state index in [-0.39, 0.29) is 31.4 Å². The van der Waals surface area contributed by atoms with Crippen molar-refractivity contribution >= 4 is 24.0 Å². The highest BCUT2D eigenvalue weighted by molar-refractivity contribution is 6.05. The third-order valence-electron chi connectivity index (χ3n) is 4.07. The molecule has 1 N–H and O–H groups in total. The molecule has 120 valence electrons. The predicted molar refractivity (Wildman–Crippen MR) is 78.8 cm³/mol. The van der Waals surface area contributed by atoms with Crippen molar-refractivity contribution in [3.8, 4) is 5.75 Å². The molecule has 0 aliphatic carbocycles. The van der Waals surface area contributed by atoms with Crippen molar-refractivity contribution in [2.75, 3.05) is 6.61 Å². The second-order valence-electron chi connectivity index (χ2n) is 5.67. The van der Waals surface area contributed by atoms with Crippen LogP contribution < -0.4 is 10.1 Å². The molecule has 1 aromatic rings. The number of piperidine rings is 1. The standard InChI is InChI=1S/C16H16N2O5/c1-9-6-10-11(13(7-9)23-5-4-19)8-18(16(10)22)12-2-3-14(20)17-15(12)21/h4,6-7,12H,2-3,5,8H2,1H3,(H,17,20,21). The van der Waals surface area contributed by atoms with Crippen molar-refractivity contribution in [1.29, 1.82) is 0 Å². The summed E-state index contributed by atoms with van der Waals surface area (Å²) in [5, 5.41) is 2.26. The van der Waals surface area contributed by atoms with E-state index in [2.05, 4.69) is 5.32 Å². The van der Waals surface area contributed by atoms with E-state index >= 15 is 0 Å². The molecule has 2 aliphatic heterocycles. The van der Waals surface area contributed by atoms with Gasteiger partial charge < -0.3 is 9.64 Å². The number of imide groups is 1. The van der Waals surface area contributed by atoms with Crippen LogP contribution in [0.3, 0.4) is 0 Å². The number of nitrogens with one attached hydrogen (secondary N) is 1. The number of fused-ring (bicyclic) bond motifs is 1. The van der Waals surface area contributed by atoms with Gasteiger partial charge in [0.1, 0.15) is 18.4 Å². The van der Waals surface area contributed by atoms with Crippen LogP contribution >= 0.6 is 0 Å². The topological polar surface area (TPSA) is 92.8 Å². The van der Waals surface area contributed by atoms with Crippen molar-refractivity contribution in [3.05, 3.63) is 28.8 Å². The lowest BCUT2D eigenvalue weighted by Gasteiger charge is -2.29. The van der Waals surface area contributed by atoms with Gasteiger partial charge in [0, 0.05) is 17.5 Å². The minimum atomic E-state index is -0.660. The molecule has 0 radical (unpaired) electrons. The third kappa shape index (κ3) is 2.69. The third-order valence-corrected chi connectivity index (χ3v) is 4.07. The first-order chi connectivity index (χ1) is 11.0. The summed E-state index contributed by atoms with van der Waals surface area (Å²) in [4.78, 5) is 47.9. The number of hydrogen-bond donors (Lipinski definition) is 1. The van der Waals surface area contributed by atoms with Crippen LogP contribution in [0.4, 0.5) is 0 Å². The fraction of sp³-hybridized carbons (Fsp3) is 0.375. The minimum Gasteiger partial charge on any atom is -0.486 e. The van der Waals surface area contributed by atoms with Gasteiger partial charge in [0.15, 0.2) is 6.29 Å². The van der Waals surface area contributed by atoms with E-state index < -0.39 is 11.9 Å². The molecule has 0 saturated carbocycles. The quantitative estimate of drug-likeness (QED) is 0.638. The summed E-state index contributed by atoms with van der Waals surface area (Å²) in [6, 6.07) is 2.85. The van der Waals surface area contributed by atoms with Crippen LogP contribution in [-0.2, 0) is 20.9 Å². The van der Waals surface area contributed by atoms with Crippen LogP contribution in [0.5, 0.6) is 5.75 Å². The number of carbonyl (C=O) groups is 4. The lowest BCUT2D eigenvalue weighted by Crippen LogP contribution is -2.52. The first-order valence-corrected chi connectivity index (χ1v) is 7.36. The Kier molecular flexibility index (Phi) is 3.85. The van der Waals surface area contributed by atoms with E-state index in [0.29, 0.717) is 29.6 Å². The molecular formula is C16H16N2O5. The SMILES string of the molecule is Cc1cc(OCC=O)c2c(c1)C(=O)N(C1CCC(=O)NC1=O)C2. The number of amides is 3. The number of hydrogen-bond acceptors (Lipinski definition) is 5. The molecule has 0 aromatic heterocycles. The van der Waals surface area contributed by atoms with E-state index in [1.807, 2.05) is 6.92 Å². The highest BCUT2D eigenvalue weighted by atomic mass is 16.5. The molecule has 0 bridgehead atoms. The van der Waals surface area contributed by atoms with Crippen LogP contribution in [0.2, 0.25) is 0 Å². The summed E-state index contributed by atoms with van der Waals surface area (Å²) in [7, 11) is 0. The number of benzene rings is 1. The van der Waals surface area contributed by atoms with Gasteiger partial charge in [-0.15, -0.1) is 0 Å². The molecule has 0 spiro atoms. The largest absolute Gasteiger partial charge is 0.486 e. The number of aldehydes is 1. The number of ether oxygens (including phenoxy) is 1. The Bertz CT molecular complexity index is 713. The zero-order valence-electron chi connectivity index (χ0n) is 12.6. The second kappa shape index (κ2) is 5.83. The number of aryl methyl sites for hydroxylation is 1.